The van der Waals surface area contributed by atoms with Gasteiger partial charge in [0.25, 0.3) is 0 Å². The zero-order chi connectivity index (χ0) is 16.3. The predicted octanol–water partition coefficient (Wildman–Crippen LogP) is -5.21. The molecule has 0 saturated carbocycles. The molecule has 0 saturated heterocycles. The van der Waals surface area contributed by atoms with Gasteiger partial charge in [0, 0.05) is 37.5 Å². The Morgan fingerprint density at radius 3 is 1.35 bits per heavy atom. The molecule has 0 heterocycles. The molecule has 121 valence electrons. The fourth-order valence-electron chi connectivity index (χ4n) is 0.306. The molecule has 0 amide bonds. The van der Waals surface area contributed by atoms with Crippen LogP contribution >= 0.6 is 0 Å². The molecule has 1 radical (unpaired) electrons. The minimum atomic E-state index is -1.08. The summed E-state index contributed by atoms with van der Waals surface area (Å²) < 4.78 is 0. The van der Waals surface area contributed by atoms with Gasteiger partial charge in [0.15, 0.2) is 0 Å². The van der Waals surface area contributed by atoms with Crippen molar-refractivity contribution in [2.24, 2.45) is 5.73 Å². The van der Waals surface area contributed by atoms with Gasteiger partial charge in [0.05, 0.1) is 6.61 Å². The zero-order valence-electron chi connectivity index (χ0n) is 11.7. The second-order valence-electron chi connectivity index (χ2n) is 2.74. The van der Waals surface area contributed by atoms with E-state index in [1.807, 2.05) is 0 Å². The van der Waals surface area contributed by atoms with Crippen LogP contribution in [0.15, 0.2) is 0 Å². The summed E-state index contributed by atoms with van der Waals surface area (Å²) in [6.45, 7) is 5.19. The molecule has 0 unspecified atom stereocenters. The normalized spacial score (nSPS) is 7.05. The molecule has 0 aromatic rings. The van der Waals surface area contributed by atoms with Gasteiger partial charge in [-0.1, -0.05) is 0 Å². The number of aliphatic carboxylic acids is 3. The maximum atomic E-state index is 8.89. The second kappa shape index (κ2) is 30.7. The summed E-state index contributed by atoms with van der Waals surface area (Å²) in [6.07, 6.45) is 0. The van der Waals surface area contributed by atoms with E-state index in [9.17, 15) is 0 Å². The minimum absolute atomic E-state index is 0. The Kier molecular flexibility index (Phi) is 48.0. The number of hydrogen-bond acceptors (Lipinski definition) is 9. The summed E-state index contributed by atoms with van der Waals surface area (Å²) >= 11 is 0. The molecule has 4 N–H and O–H groups in total. The Hall–Kier alpha value is -1.19. The Morgan fingerprint density at radius 2 is 1.20 bits per heavy atom. The van der Waals surface area contributed by atoms with Crippen LogP contribution in [0.3, 0.4) is 0 Å². The number of nitrogens with two attached hydrogens (primary N) is 1. The van der Waals surface area contributed by atoms with Crippen molar-refractivity contribution in [3.63, 3.8) is 0 Å². The van der Waals surface area contributed by atoms with E-state index in [0.717, 1.165) is 27.3 Å². The molecular weight excluding hydrogens is 316 g/mol. The van der Waals surface area contributed by atoms with Crippen molar-refractivity contribution >= 4 is 17.9 Å². The topological polar surface area (TPSA) is 179 Å². The standard InChI is InChI=1S/C4H12N2O.3C2H4O2.Fe/c5-1-2-6-3-4-7;3*1-2(3)4;/h6-7H,1-5H2;3*1H3,(H,3,4);/q;;;;+3/p-3. The summed E-state index contributed by atoms with van der Waals surface area (Å²) in [4.78, 5) is 26.7. The van der Waals surface area contributed by atoms with Gasteiger partial charge >= 0.3 is 17.1 Å². The van der Waals surface area contributed by atoms with Crippen molar-refractivity contribution in [1.29, 1.82) is 0 Å². The van der Waals surface area contributed by atoms with E-state index < -0.39 is 17.9 Å². The van der Waals surface area contributed by atoms with Gasteiger partial charge in [-0.05, 0) is 20.8 Å². The third kappa shape index (κ3) is 532. The summed E-state index contributed by atoms with van der Waals surface area (Å²) in [5.74, 6) is -3.25. The van der Waals surface area contributed by atoms with Gasteiger partial charge < -0.3 is 45.9 Å². The number of rotatable bonds is 4. The molecule has 20 heavy (non-hydrogen) atoms. The van der Waals surface area contributed by atoms with Gasteiger partial charge in [-0.2, -0.15) is 0 Å². The molecule has 0 aliphatic rings. The number of carbonyl (C=O) groups excluding carboxylic acids is 3. The van der Waals surface area contributed by atoms with Crippen LogP contribution in [-0.4, -0.2) is 49.3 Å². The summed E-state index contributed by atoms with van der Waals surface area (Å²) in [6, 6.07) is 0. The Labute approximate surface area is 128 Å². The Balaban J connectivity index is -0.0000000512. The summed E-state index contributed by atoms with van der Waals surface area (Å²) in [5.41, 5.74) is 5.13. The monoisotopic (exact) mass is 337 g/mol. The number of aliphatic hydroxyl groups is 1. The molecule has 0 fully saturated rings. The molecule has 0 rings (SSSR count). The molecule has 0 aliphatic carbocycles. The zero-order valence-corrected chi connectivity index (χ0v) is 12.8. The molecule has 0 aromatic carbocycles. The number of carboxylic acids is 3. The maximum Gasteiger partial charge on any atom is 3.00 e. The molecule has 0 bridgehead atoms. The van der Waals surface area contributed by atoms with E-state index in [2.05, 4.69) is 5.32 Å². The molecule has 0 atom stereocenters. The van der Waals surface area contributed by atoms with Gasteiger partial charge in [0.2, 0.25) is 0 Å². The van der Waals surface area contributed by atoms with E-state index in [-0.39, 0.29) is 23.7 Å². The number of carboxylic acid groups (broad SMARTS) is 3. The van der Waals surface area contributed by atoms with Crippen LogP contribution in [0.1, 0.15) is 20.8 Å². The van der Waals surface area contributed by atoms with Gasteiger partial charge in [-0.25, -0.2) is 0 Å². The van der Waals surface area contributed by atoms with E-state index in [4.69, 9.17) is 40.5 Å². The quantitative estimate of drug-likeness (QED) is 0.334. The maximum absolute atomic E-state index is 8.89. The second-order valence-corrected chi connectivity index (χ2v) is 2.74. The van der Waals surface area contributed by atoms with Crippen molar-refractivity contribution in [2.75, 3.05) is 26.2 Å². The van der Waals surface area contributed by atoms with Crippen LogP contribution in [0.25, 0.3) is 0 Å². The van der Waals surface area contributed by atoms with Crippen molar-refractivity contribution in [3.8, 4) is 0 Å². The first-order valence-electron chi connectivity index (χ1n) is 5.16. The molecule has 10 heteroatoms. The van der Waals surface area contributed by atoms with Crippen molar-refractivity contribution in [1.82, 2.24) is 5.32 Å². The summed E-state index contributed by atoms with van der Waals surface area (Å²) in [5, 5.41) is 37.8. The van der Waals surface area contributed by atoms with E-state index >= 15 is 0 Å². The van der Waals surface area contributed by atoms with Crippen molar-refractivity contribution in [3.05, 3.63) is 0 Å². The largest absolute Gasteiger partial charge is 3.00 e. The number of hydrogen-bond donors (Lipinski definition) is 3. The van der Waals surface area contributed by atoms with Crippen molar-refractivity contribution in [2.45, 2.75) is 20.8 Å². The van der Waals surface area contributed by atoms with E-state index in [1.54, 1.807) is 0 Å². The Bertz CT molecular complexity index is 183. The van der Waals surface area contributed by atoms with Crippen LogP contribution in [0.4, 0.5) is 0 Å². The van der Waals surface area contributed by atoms with Crippen LogP contribution in [0, 0.1) is 0 Å². The fraction of sp³-hybridized carbons (Fsp3) is 0.700. The molecule has 9 nitrogen and oxygen atoms in total. The third-order valence-corrected chi connectivity index (χ3v) is 0.610. The number of aliphatic hydroxyl groups excluding tert-OH is 1. The number of carbonyl (C=O) groups is 3. The third-order valence-electron chi connectivity index (χ3n) is 0.610. The predicted molar refractivity (Wildman–Crippen MR) is 61.1 cm³/mol. The average Bonchev–Trinajstić information content (AvgIpc) is 2.15. The molecule has 0 aromatic heterocycles. The first-order chi connectivity index (χ1) is 8.61. The SMILES string of the molecule is CC(=O)[O-].CC(=O)[O-].CC(=O)[O-].NCCNCCO.[Fe+3]. The fourth-order valence-corrected chi connectivity index (χ4v) is 0.306. The molecular formula is C10H21FeN2O7. The minimum Gasteiger partial charge on any atom is -0.550 e. The smallest absolute Gasteiger partial charge is 0.550 e. The number of nitrogens with one attached hydrogen (secondary N) is 1. The first kappa shape index (κ1) is 31.3. The van der Waals surface area contributed by atoms with Gasteiger partial charge in [0.1, 0.15) is 0 Å². The molecule has 0 aliphatic heterocycles. The van der Waals surface area contributed by atoms with E-state index in [0.29, 0.717) is 13.1 Å². The van der Waals surface area contributed by atoms with Crippen LogP contribution in [-0.2, 0) is 31.5 Å². The van der Waals surface area contributed by atoms with Crippen molar-refractivity contribution < 1.29 is 51.9 Å². The van der Waals surface area contributed by atoms with Crippen LogP contribution in [0.5, 0.6) is 0 Å². The summed E-state index contributed by atoms with van der Waals surface area (Å²) in [7, 11) is 0. The first-order valence-corrected chi connectivity index (χ1v) is 5.16. The molecule has 0 spiro atoms. The van der Waals surface area contributed by atoms with Crippen LogP contribution in [0.2, 0.25) is 0 Å². The Morgan fingerprint density at radius 1 is 0.950 bits per heavy atom. The van der Waals surface area contributed by atoms with Gasteiger partial charge in [-0.3, -0.25) is 0 Å². The average molecular weight is 337 g/mol. The van der Waals surface area contributed by atoms with E-state index in [1.165, 1.54) is 0 Å². The van der Waals surface area contributed by atoms with Crippen LogP contribution < -0.4 is 26.4 Å². The van der Waals surface area contributed by atoms with Gasteiger partial charge in [-0.15, -0.1) is 0 Å².